The van der Waals surface area contributed by atoms with Crippen LogP contribution in [0.5, 0.6) is 5.75 Å². The number of hydrogen-bond donors (Lipinski definition) is 1. The highest BCUT2D eigenvalue weighted by Gasteiger charge is 2.26. The summed E-state index contributed by atoms with van der Waals surface area (Å²) in [5.41, 5.74) is 1.65. The van der Waals surface area contributed by atoms with Crippen LogP contribution in [0.4, 0.5) is 5.69 Å². The SMILES string of the molecule is CCCCC1CCC(C(=O)Nc2cc(C)c(Cl)cc2OC)CC1. The summed E-state index contributed by atoms with van der Waals surface area (Å²) in [7, 11) is 1.59. The highest BCUT2D eigenvalue weighted by molar-refractivity contribution is 6.31. The van der Waals surface area contributed by atoms with E-state index in [1.165, 1.54) is 32.1 Å². The quantitative estimate of drug-likeness (QED) is 0.734. The minimum absolute atomic E-state index is 0.110. The van der Waals surface area contributed by atoms with Gasteiger partial charge in [0.15, 0.2) is 0 Å². The lowest BCUT2D eigenvalue weighted by Crippen LogP contribution is -2.27. The number of methoxy groups -OCH3 is 1. The van der Waals surface area contributed by atoms with Gasteiger partial charge in [0.05, 0.1) is 12.8 Å². The molecule has 23 heavy (non-hydrogen) atoms. The summed E-state index contributed by atoms with van der Waals surface area (Å²) in [5.74, 6) is 1.66. The Bertz CT molecular complexity index is 536. The Morgan fingerprint density at radius 1 is 1.30 bits per heavy atom. The van der Waals surface area contributed by atoms with Crippen LogP contribution in [0.15, 0.2) is 12.1 Å². The summed E-state index contributed by atoms with van der Waals surface area (Å²) in [4.78, 5) is 12.6. The van der Waals surface area contributed by atoms with Crippen LogP contribution in [0.2, 0.25) is 5.02 Å². The number of carbonyl (C=O) groups excluding carboxylic acids is 1. The lowest BCUT2D eigenvalue weighted by Gasteiger charge is -2.28. The molecule has 128 valence electrons. The van der Waals surface area contributed by atoms with Crippen molar-refractivity contribution in [2.24, 2.45) is 11.8 Å². The predicted octanol–water partition coefficient (Wildman–Crippen LogP) is 5.59. The third-order valence-electron chi connectivity index (χ3n) is 4.92. The van der Waals surface area contributed by atoms with E-state index in [9.17, 15) is 4.79 Å². The van der Waals surface area contributed by atoms with Crippen molar-refractivity contribution < 1.29 is 9.53 Å². The lowest BCUT2D eigenvalue weighted by atomic mass is 9.79. The maximum Gasteiger partial charge on any atom is 0.227 e. The van der Waals surface area contributed by atoms with Gasteiger partial charge in [-0.2, -0.15) is 0 Å². The topological polar surface area (TPSA) is 38.3 Å². The van der Waals surface area contributed by atoms with Gasteiger partial charge in [0.25, 0.3) is 0 Å². The normalized spacial score (nSPS) is 21.0. The van der Waals surface area contributed by atoms with Gasteiger partial charge >= 0.3 is 0 Å². The third kappa shape index (κ3) is 4.87. The largest absolute Gasteiger partial charge is 0.495 e. The molecule has 1 aromatic carbocycles. The van der Waals surface area contributed by atoms with E-state index < -0.39 is 0 Å². The monoisotopic (exact) mass is 337 g/mol. The van der Waals surface area contributed by atoms with Gasteiger partial charge in [-0.25, -0.2) is 0 Å². The van der Waals surface area contributed by atoms with Crippen LogP contribution in [0.1, 0.15) is 57.4 Å². The average molecular weight is 338 g/mol. The summed E-state index contributed by atoms with van der Waals surface area (Å²) in [5, 5.41) is 3.68. The Morgan fingerprint density at radius 2 is 2.00 bits per heavy atom. The summed E-state index contributed by atoms with van der Waals surface area (Å²) in [6, 6.07) is 3.64. The third-order valence-corrected chi connectivity index (χ3v) is 5.33. The van der Waals surface area contributed by atoms with E-state index in [4.69, 9.17) is 16.3 Å². The number of ether oxygens (including phenoxy) is 1. The van der Waals surface area contributed by atoms with Crippen LogP contribution in [-0.4, -0.2) is 13.0 Å². The van der Waals surface area contributed by atoms with Crippen LogP contribution in [0.3, 0.4) is 0 Å². The number of carbonyl (C=O) groups is 1. The second kappa shape index (κ2) is 8.58. The minimum atomic E-state index is 0.110. The summed E-state index contributed by atoms with van der Waals surface area (Å²) in [6.45, 7) is 4.16. The van der Waals surface area contributed by atoms with Gasteiger partial charge in [0.1, 0.15) is 5.75 Å². The van der Waals surface area contributed by atoms with Crippen LogP contribution in [0.25, 0.3) is 0 Å². The van der Waals surface area contributed by atoms with E-state index in [0.29, 0.717) is 16.5 Å². The molecule has 1 saturated carbocycles. The molecule has 4 heteroatoms. The molecule has 2 rings (SSSR count). The Labute approximate surface area is 144 Å². The molecule has 0 spiro atoms. The molecule has 0 atom stereocenters. The maximum atomic E-state index is 12.6. The molecule has 0 radical (unpaired) electrons. The van der Waals surface area contributed by atoms with Gasteiger partial charge in [-0.1, -0.05) is 37.8 Å². The first-order valence-electron chi connectivity index (χ1n) is 8.70. The molecule has 3 nitrogen and oxygen atoms in total. The van der Waals surface area contributed by atoms with Crippen molar-refractivity contribution in [3.63, 3.8) is 0 Å². The molecular formula is C19H28ClNO2. The van der Waals surface area contributed by atoms with Crippen molar-refractivity contribution in [2.45, 2.75) is 58.8 Å². The number of anilines is 1. The molecule has 1 fully saturated rings. The van der Waals surface area contributed by atoms with Crippen molar-refractivity contribution in [1.82, 2.24) is 0 Å². The number of halogens is 1. The molecule has 0 aliphatic heterocycles. The standard InChI is InChI=1S/C19H28ClNO2/c1-4-5-6-14-7-9-15(10-8-14)19(22)21-17-11-13(2)16(20)12-18(17)23-3/h11-12,14-15H,4-10H2,1-3H3,(H,21,22). The number of aryl methyl sites for hydroxylation is 1. The van der Waals surface area contributed by atoms with E-state index in [0.717, 1.165) is 24.3 Å². The zero-order chi connectivity index (χ0) is 16.8. The summed E-state index contributed by atoms with van der Waals surface area (Å²) in [6.07, 6.45) is 8.22. The van der Waals surface area contributed by atoms with Crippen molar-refractivity contribution in [1.29, 1.82) is 0 Å². The Morgan fingerprint density at radius 3 is 2.61 bits per heavy atom. The maximum absolute atomic E-state index is 12.6. The molecule has 0 aromatic heterocycles. The fourth-order valence-electron chi connectivity index (χ4n) is 3.37. The summed E-state index contributed by atoms with van der Waals surface area (Å²) >= 11 is 6.11. The molecule has 0 unspecified atom stereocenters. The van der Waals surface area contributed by atoms with E-state index in [1.54, 1.807) is 13.2 Å². The Kier molecular flexibility index (Phi) is 6.76. The second-order valence-corrected chi connectivity index (χ2v) is 7.06. The van der Waals surface area contributed by atoms with Crippen molar-refractivity contribution >= 4 is 23.2 Å². The van der Waals surface area contributed by atoms with Crippen LogP contribution < -0.4 is 10.1 Å². The van der Waals surface area contributed by atoms with Crippen molar-refractivity contribution in [3.05, 3.63) is 22.7 Å². The van der Waals surface area contributed by atoms with Gasteiger partial charge in [-0.15, -0.1) is 0 Å². The molecule has 0 bridgehead atoms. The Hall–Kier alpha value is -1.22. The average Bonchev–Trinajstić information content (AvgIpc) is 2.56. The van der Waals surface area contributed by atoms with Gasteiger partial charge in [0.2, 0.25) is 5.91 Å². The highest BCUT2D eigenvalue weighted by Crippen LogP contribution is 2.35. The minimum Gasteiger partial charge on any atom is -0.495 e. The van der Waals surface area contributed by atoms with E-state index in [2.05, 4.69) is 12.2 Å². The van der Waals surface area contributed by atoms with Crippen molar-refractivity contribution in [2.75, 3.05) is 12.4 Å². The first-order valence-corrected chi connectivity index (χ1v) is 9.08. The van der Waals surface area contributed by atoms with Crippen molar-refractivity contribution in [3.8, 4) is 5.75 Å². The zero-order valence-electron chi connectivity index (χ0n) is 14.5. The number of hydrogen-bond acceptors (Lipinski definition) is 2. The molecule has 1 aliphatic carbocycles. The van der Waals surface area contributed by atoms with Gasteiger partial charge in [0, 0.05) is 17.0 Å². The highest BCUT2D eigenvalue weighted by atomic mass is 35.5. The summed E-state index contributed by atoms with van der Waals surface area (Å²) < 4.78 is 5.33. The molecule has 1 aliphatic rings. The van der Waals surface area contributed by atoms with Gasteiger partial charge in [-0.3, -0.25) is 4.79 Å². The number of unbranched alkanes of at least 4 members (excludes halogenated alkanes) is 1. The molecule has 0 saturated heterocycles. The lowest BCUT2D eigenvalue weighted by molar-refractivity contribution is -0.121. The number of amides is 1. The first-order chi connectivity index (χ1) is 11.0. The van der Waals surface area contributed by atoms with E-state index in [1.807, 2.05) is 13.0 Å². The van der Waals surface area contributed by atoms with Gasteiger partial charge < -0.3 is 10.1 Å². The van der Waals surface area contributed by atoms with E-state index >= 15 is 0 Å². The number of rotatable bonds is 6. The zero-order valence-corrected chi connectivity index (χ0v) is 15.2. The van der Waals surface area contributed by atoms with Crippen LogP contribution in [-0.2, 0) is 4.79 Å². The molecule has 1 N–H and O–H groups in total. The van der Waals surface area contributed by atoms with E-state index in [-0.39, 0.29) is 11.8 Å². The van der Waals surface area contributed by atoms with Crippen LogP contribution in [0, 0.1) is 18.8 Å². The predicted molar refractivity (Wildman–Crippen MR) is 96.3 cm³/mol. The fraction of sp³-hybridized carbons (Fsp3) is 0.632. The molecule has 0 heterocycles. The number of benzene rings is 1. The second-order valence-electron chi connectivity index (χ2n) is 6.65. The smallest absolute Gasteiger partial charge is 0.227 e. The molecule has 1 aromatic rings. The Balaban J connectivity index is 1.94. The van der Waals surface area contributed by atoms with Crippen LogP contribution >= 0.6 is 11.6 Å². The number of nitrogens with one attached hydrogen (secondary N) is 1. The molecular weight excluding hydrogens is 310 g/mol. The fourth-order valence-corrected chi connectivity index (χ4v) is 3.52. The van der Waals surface area contributed by atoms with Gasteiger partial charge in [-0.05, 0) is 50.2 Å². The first kappa shape index (κ1) is 18.1. The molecule has 1 amide bonds.